The van der Waals surface area contributed by atoms with Crippen LogP contribution in [0.15, 0.2) is 0 Å². The van der Waals surface area contributed by atoms with Crippen molar-refractivity contribution in [3.8, 4) is 0 Å². The number of hydrogen-bond donors (Lipinski definition) is 2. The third kappa shape index (κ3) is 4.60. The Morgan fingerprint density at radius 1 is 1.38 bits per heavy atom. The molecule has 2 unspecified atom stereocenters. The lowest BCUT2D eigenvalue weighted by Crippen LogP contribution is -2.29. The molecule has 0 aromatic heterocycles. The minimum atomic E-state index is -0.0272. The Morgan fingerprint density at radius 2 is 2.15 bits per heavy atom. The Morgan fingerprint density at radius 3 is 2.69 bits per heavy atom. The van der Waals surface area contributed by atoms with Gasteiger partial charge in [-0.15, -0.1) is 0 Å². The Hall–Kier alpha value is -0.120. The van der Waals surface area contributed by atoms with Gasteiger partial charge in [-0.05, 0) is 45.8 Å². The van der Waals surface area contributed by atoms with Gasteiger partial charge in [0.05, 0.1) is 6.10 Å². The van der Waals surface area contributed by atoms with Gasteiger partial charge in [0, 0.05) is 13.1 Å². The van der Waals surface area contributed by atoms with E-state index in [9.17, 15) is 5.11 Å². The molecule has 1 aliphatic rings. The predicted molar refractivity (Wildman–Crippen MR) is 54.8 cm³/mol. The van der Waals surface area contributed by atoms with Crippen molar-refractivity contribution in [2.75, 3.05) is 33.7 Å². The van der Waals surface area contributed by atoms with Crippen molar-refractivity contribution in [1.29, 1.82) is 0 Å². The second kappa shape index (κ2) is 5.58. The van der Waals surface area contributed by atoms with Crippen LogP contribution in [0.1, 0.15) is 19.3 Å². The average molecular weight is 186 g/mol. The molecule has 0 heterocycles. The van der Waals surface area contributed by atoms with Crippen LogP contribution < -0.4 is 5.32 Å². The Balaban J connectivity index is 1.94. The number of hydrogen-bond acceptors (Lipinski definition) is 3. The number of likely N-dealkylation sites (N-methyl/N-ethyl adjacent to an activating group) is 1. The van der Waals surface area contributed by atoms with Gasteiger partial charge in [0.25, 0.3) is 0 Å². The summed E-state index contributed by atoms with van der Waals surface area (Å²) >= 11 is 0. The summed E-state index contributed by atoms with van der Waals surface area (Å²) in [6, 6.07) is 0. The zero-order valence-electron chi connectivity index (χ0n) is 8.79. The molecule has 0 bridgehead atoms. The topological polar surface area (TPSA) is 35.5 Å². The zero-order chi connectivity index (χ0) is 9.68. The fraction of sp³-hybridized carbons (Fsp3) is 1.00. The number of nitrogens with one attached hydrogen (secondary N) is 1. The molecular weight excluding hydrogens is 164 g/mol. The number of nitrogens with zero attached hydrogens (tertiary/aromatic N) is 1. The van der Waals surface area contributed by atoms with Gasteiger partial charge in [-0.3, -0.25) is 0 Å². The first-order valence-corrected chi connectivity index (χ1v) is 5.22. The fourth-order valence-corrected chi connectivity index (χ4v) is 1.84. The van der Waals surface area contributed by atoms with Crippen molar-refractivity contribution >= 4 is 0 Å². The molecule has 1 rings (SSSR count). The van der Waals surface area contributed by atoms with Crippen LogP contribution in [-0.2, 0) is 0 Å². The molecule has 0 aromatic carbocycles. The summed E-state index contributed by atoms with van der Waals surface area (Å²) in [6.45, 7) is 3.22. The van der Waals surface area contributed by atoms with E-state index < -0.39 is 0 Å². The standard InChI is InChI=1S/C10H22N2O/c1-12(2)6-5-11-8-9-3-4-10(13)7-9/h9-11,13H,3-8H2,1-2H3. The van der Waals surface area contributed by atoms with Gasteiger partial charge in [0.15, 0.2) is 0 Å². The molecule has 1 aliphatic carbocycles. The summed E-state index contributed by atoms with van der Waals surface area (Å²) in [5.74, 6) is 0.706. The molecule has 0 saturated heterocycles. The van der Waals surface area contributed by atoms with Crippen LogP contribution in [0.4, 0.5) is 0 Å². The van der Waals surface area contributed by atoms with Gasteiger partial charge in [-0.2, -0.15) is 0 Å². The summed E-state index contributed by atoms with van der Waals surface area (Å²) in [6.07, 6.45) is 3.16. The highest BCUT2D eigenvalue weighted by Crippen LogP contribution is 2.24. The van der Waals surface area contributed by atoms with Crippen LogP contribution >= 0.6 is 0 Å². The van der Waals surface area contributed by atoms with E-state index in [1.54, 1.807) is 0 Å². The van der Waals surface area contributed by atoms with Crippen molar-refractivity contribution in [2.24, 2.45) is 5.92 Å². The Bertz CT molecular complexity index is 139. The molecule has 0 aromatic rings. The van der Waals surface area contributed by atoms with Crippen LogP contribution in [0.3, 0.4) is 0 Å². The average Bonchev–Trinajstić information content (AvgIpc) is 2.45. The van der Waals surface area contributed by atoms with Crippen LogP contribution in [0.5, 0.6) is 0 Å². The minimum Gasteiger partial charge on any atom is -0.393 e. The fourth-order valence-electron chi connectivity index (χ4n) is 1.84. The Kier molecular flexibility index (Phi) is 4.70. The third-order valence-corrected chi connectivity index (χ3v) is 2.68. The molecule has 78 valence electrons. The van der Waals surface area contributed by atoms with E-state index >= 15 is 0 Å². The maximum atomic E-state index is 9.31. The number of rotatable bonds is 5. The highest BCUT2D eigenvalue weighted by atomic mass is 16.3. The first kappa shape index (κ1) is 11.0. The zero-order valence-corrected chi connectivity index (χ0v) is 8.79. The summed E-state index contributed by atoms with van der Waals surface area (Å²) in [7, 11) is 4.17. The quantitative estimate of drug-likeness (QED) is 0.606. The van der Waals surface area contributed by atoms with E-state index in [1.807, 2.05) is 0 Å². The molecule has 1 fully saturated rings. The highest BCUT2D eigenvalue weighted by Gasteiger charge is 2.21. The van der Waals surface area contributed by atoms with Crippen molar-refractivity contribution < 1.29 is 5.11 Å². The van der Waals surface area contributed by atoms with Crippen molar-refractivity contribution in [3.05, 3.63) is 0 Å². The van der Waals surface area contributed by atoms with Crippen molar-refractivity contribution in [3.63, 3.8) is 0 Å². The number of aliphatic hydroxyl groups excluding tert-OH is 1. The lowest BCUT2D eigenvalue weighted by Gasteiger charge is -2.13. The minimum absolute atomic E-state index is 0.0272. The second-order valence-corrected chi connectivity index (χ2v) is 4.34. The van der Waals surface area contributed by atoms with E-state index in [2.05, 4.69) is 24.3 Å². The molecule has 1 saturated carbocycles. The van der Waals surface area contributed by atoms with Crippen molar-refractivity contribution in [1.82, 2.24) is 10.2 Å². The van der Waals surface area contributed by atoms with Crippen LogP contribution in [0.2, 0.25) is 0 Å². The first-order valence-electron chi connectivity index (χ1n) is 5.22. The summed E-state index contributed by atoms with van der Waals surface area (Å²) in [4.78, 5) is 2.18. The lowest BCUT2D eigenvalue weighted by molar-refractivity contribution is 0.177. The van der Waals surface area contributed by atoms with Gasteiger partial charge in [0.1, 0.15) is 0 Å². The molecule has 3 heteroatoms. The second-order valence-electron chi connectivity index (χ2n) is 4.34. The maximum Gasteiger partial charge on any atom is 0.0543 e. The molecule has 0 amide bonds. The van der Waals surface area contributed by atoms with Crippen molar-refractivity contribution in [2.45, 2.75) is 25.4 Å². The van der Waals surface area contributed by atoms with Gasteiger partial charge in [-0.1, -0.05) is 0 Å². The summed E-state index contributed by atoms with van der Waals surface area (Å²) in [5.41, 5.74) is 0. The maximum absolute atomic E-state index is 9.31. The van der Waals surface area contributed by atoms with Crippen LogP contribution in [0, 0.1) is 5.92 Å². The monoisotopic (exact) mass is 186 g/mol. The van der Waals surface area contributed by atoms with E-state index in [-0.39, 0.29) is 6.10 Å². The summed E-state index contributed by atoms with van der Waals surface area (Å²) < 4.78 is 0. The number of aliphatic hydroxyl groups is 1. The molecule has 13 heavy (non-hydrogen) atoms. The van der Waals surface area contributed by atoms with Crippen LogP contribution in [-0.4, -0.2) is 49.8 Å². The molecule has 0 aliphatic heterocycles. The van der Waals surface area contributed by atoms with Gasteiger partial charge in [0.2, 0.25) is 0 Å². The van der Waals surface area contributed by atoms with Gasteiger partial charge < -0.3 is 15.3 Å². The third-order valence-electron chi connectivity index (χ3n) is 2.68. The SMILES string of the molecule is CN(C)CCNCC1CCC(O)C1. The predicted octanol–water partition coefficient (Wildman–Crippen LogP) is 0.299. The summed E-state index contributed by atoms with van der Waals surface area (Å²) in [5, 5.41) is 12.7. The van der Waals surface area contributed by atoms with E-state index in [1.165, 1.54) is 6.42 Å². The molecule has 2 atom stereocenters. The smallest absolute Gasteiger partial charge is 0.0543 e. The molecular formula is C10H22N2O. The molecule has 3 nitrogen and oxygen atoms in total. The lowest BCUT2D eigenvalue weighted by atomic mass is 10.1. The molecule has 0 spiro atoms. The van der Waals surface area contributed by atoms with E-state index in [0.717, 1.165) is 32.5 Å². The largest absolute Gasteiger partial charge is 0.393 e. The Labute approximate surface area is 81.1 Å². The van der Waals surface area contributed by atoms with Gasteiger partial charge in [-0.25, -0.2) is 0 Å². The molecule has 0 radical (unpaired) electrons. The molecule has 2 N–H and O–H groups in total. The van der Waals surface area contributed by atoms with E-state index in [0.29, 0.717) is 5.92 Å². The normalized spacial score (nSPS) is 28.6. The highest BCUT2D eigenvalue weighted by molar-refractivity contribution is 4.76. The van der Waals surface area contributed by atoms with E-state index in [4.69, 9.17) is 0 Å². The van der Waals surface area contributed by atoms with Gasteiger partial charge >= 0.3 is 0 Å². The first-order chi connectivity index (χ1) is 6.18. The van der Waals surface area contributed by atoms with Crippen LogP contribution in [0.25, 0.3) is 0 Å².